The Morgan fingerprint density at radius 2 is 1.96 bits per heavy atom. The molecule has 8 nitrogen and oxygen atoms in total. The van der Waals surface area contributed by atoms with Crippen LogP contribution >= 0.6 is 0 Å². The van der Waals surface area contributed by atoms with Gasteiger partial charge in [0.15, 0.2) is 0 Å². The molecule has 3 heterocycles. The normalized spacial score (nSPS) is 17.8. The molecule has 1 unspecified atom stereocenters. The van der Waals surface area contributed by atoms with Gasteiger partial charge in [0.25, 0.3) is 11.5 Å². The lowest BCUT2D eigenvalue weighted by Gasteiger charge is -2.33. The average molecular weight is 387 g/mol. The SMILES string of the molecule is CC1CCCCN1CCCCNC(=O)c1ccc2c(=O)n(C)c(=O)n(C)c2n1. The summed E-state index contributed by atoms with van der Waals surface area (Å²) in [5.74, 6) is -0.290. The number of amides is 1. The van der Waals surface area contributed by atoms with E-state index in [9.17, 15) is 14.4 Å². The largest absolute Gasteiger partial charge is 0.351 e. The molecule has 3 rings (SSSR count). The summed E-state index contributed by atoms with van der Waals surface area (Å²) in [5, 5.41) is 3.20. The third-order valence-electron chi connectivity index (χ3n) is 5.63. The van der Waals surface area contributed by atoms with Gasteiger partial charge >= 0.3 is 5.69 Å². The molecule has 1 amide bonds. The van der Waals surface area contributed by atoms with Gasteiger partial charge in [0, 0.05) is 26.7 Å². The maximum atomic E-state index is 12.4. The summed E-state index contributed by atoms with van der Waals surface area (Å²) in [4.78, 5) is 43.4. The van der Waals surface area contributed by atoms with Gasteiger partial charge in [0.2, 0.25) is 0 Å². The first-order valence-electron chi connectivity index (χ1n) is 9.99. The minimum atomic E-state index is -0.463. The van der Waals surface area contributed by atoms with Gasteiger partial charge in [-0.25, -0.2) is 9.78 Å². The van der Waals surface area contributed by atoms with Crippen molar-refractivity contribution in [3.63, 3.8) is 0 Å². The van der Waals surface area contributed by atoms with Crippen LogP contribution in [0.25, 0.3) is 11.0 Å². The van der Waals surface area contributed by atoms with Gasteiger partial charge in [-0.15, -0.1) is 0 Å². The Morgan fingerprint density at radius 1 is 1.18 bits per heavy atom. The van der Waals surface area contributed by atoms with Gasteiger partial charge in [-0.3, -0.25) is 18.7 Å². The van der Waals surface area contributed by atoms with Crippen LogP contribution in [0, 0.1) is 0 Å². The van der Waals surface area contributed by atoms with Crippen LogP contribution in [0.3, 0.4) is 0 Å². The second kappa shape index (κ2) is 8.68. The fourth-order valence-electron chi connectivity index (χ4n) is 3.80. The van der Waals surface area contributed by atoms with Crippen molar-refractivity contribution in [2.45, 2.75) is 45.1 Å². The van der Waals surface area contributed by atoms with Crippen LogP contribution in [0.5, 0.6) is 0 Å². The van der Waals surface area contributed by atoms with E-state index >= 15 is 0 Å². The Bertz CT molecular complexity index is 978. The van der Waals surface area contributed by atoms with Crippen molar-refractivity contribution in [2.75, 3.05) is 19.6 Å². The van der Waals surface area contributed by atoms with Crippen molar-refractivity contribution in [2.24, 2.45) is 14.1 Å². The standard InChI is InChI=1S/C20H29N5O3/c1-14-8-4-6-12-25(14)13-7-5-11-21-18(26)16-10-9-15-17(22-16)23(2)20(28)24(3)19(15)27/h9-10,14H,4-8,11-13H2,1-3H3,(H,21,26). The molecule has 0 aliphatic carbocycles. The number of aryl methyl sites for hydroxylation is 1. The minimum Gasteiger partial charge on any atom is -0.351 e. The Kier molecular flexibility index (Phi) is 6.28. The number of nitrogens with one attached hydrogen (secondary N) is 1. The van der Waals surface area contributed by atoms with E-state index in [0.717, 1.165) is 24.0 Å². The smallest absolute Gasteiger partial charge is 0.332 e. The number of hydrogen-bond acceptors (Lipinski definition) is 5. The molecule has 0 spiro atoms. The molecule has 28 heavy (non-hydrogen) atoms. The van der Waals surface area contributed by atoms with Crippen LogP contribution in [0.4, 0.5) is 0 Å². The maximum absolute atomic E-state index is 12.4. The summed E-state index contributed by atoms with van der Waals surface area (Å²) < 4.78 is 2.32. The third kappa shape index (κ3) is 4.16. The molecule has 0 aromatic carbocycles. The number of nitrogens with zero attached hydrogens (tertiary/aromatic N) is 4. The molecular weight excluding hydrogens is 358 g/mol. The maximum Gasteiger partial charge on any atom is 0.332 e. The Hall–Kier alpha value is -2.48. The molecule has 1 aliphatic heterocycles. The summed E-state index contributed by atoms with van der Waals surface area (Å²) >= 11 is 0. The molecule has 0 radical (unpaired) electrons. The Balaban J connectivity index is 1.58. The number of aromatic nitrogens is 3. The Morgan fingerprint density at radius 3 is 2.71 bits per heavy atom. The van der Waals surface area contributed by atoms with E-state index in [1.807, 2.05) is 0 Å². The van der Waals surface area contributed by atoms with Crippen molar-refractivity contribution in [1.29, 1.82) is 0 Å². The summed E-state index contributed by atoms with van der Waals surface area (Å²) in [6.07, 6.45) is 5.82. The zero-order valence-corrected chi connectivity index (χ0v) is 16.9. The lowest BCUT2D eigenvalue weighted by Crippen LogP contribution is -2.38. The van der Waals surface area contributed by atoms with Crippen molar-refractivity contribution in [3.05, 3.63) is 38.7 Å². The molecule has 2 aromatic rings. The first-order valence-corrected chi connectivity index (χ1v) is 9.99. The highest BCUT2D eigenvalue weighted by molar-refractivity contribution is 5.94. The molecule has 1 atom stereocenters. The van der Waals surface area contributed by atoms with Crippen LogP contribution in [-0.2, 0) is 14.1 Å². The average Bonchev–Trinajstić information content (AvgIpc) is 2.71. The summed E-state index contributed by atoms with van der Waals surface area (Å²) in [7, 11) is 2.97. The Labute approximate surface area is 164 Å². The van der Waals surface area contributed by atoms with Gasteiger partial charge in [-0.1, -0.05) is 6.42 Å². The molecule has 1 fully saturated rings. The topological polar surface area (TPSA) is 89.2 Å². The molecule has 0 bridgehead atoms. The van der Waals surface area contributed by atoms with E-state index in [1.165, 1.54) is 43.5 Å². The van der Waals surface area contributed by atoms with E-state index in [2.05, 4.69) is 22.1 Å². The predicted octanol–water partition coefficient (Wildman–Crippen LogP) is 1.02. The highest BCUT2D eigenvalue weighted by atomic mass is 16.2. The van der Waals surface area contributed by atoms with Crippen LogP contribution in [-0.4, -0.2) is 50.6 Å². The fraction of sp³-hybridized carbons (Fsp3) is 0.600. The van der Waals surface area contributed by atoms with E-state index in [4.69, 9.17) is 0 Å². The highest BCUT2D eigenvalue weighted by Crippen LogP contribution is 2.16. The number of piperidine rings is 1. The van der Waals surface area contributed by atoms with Crippen LogP contribution in [0.15, 0.2) is 21.7 Å². The molecule has 0 saturated carbocycles. The number of hydrogen-bond donors (Lipinski definition) is 1. The zero-order chi connectivity index (χ0) is 20.3. The third-order valence-corrected chi connectivity index (χ3v) is 5.63. The van der Waals surface area contributed by atoms with Crippen molar-refractivity contribution in [1.82, 2.24) is 24.3 Å². The molecule has 1 aliphatic rings. The molecular formula is C20H29N5O3. The summed E-state index contributed by atoms with van der Waals surface area (Å²) in [6.45, 7) is 5.10. The predicted molar refractivity (Wildman–Crippen MR) is 109 cm³/mol. The van der Waals surface area contributed by atoms with Gasteiger partial charge in [0.1, 0.15) is 11.3 Å². The summed E-state index contributed by atoms with van der Waals surface area (Å²) in [5.41, 5.74) is -0.445. The van der Waals surface area contributed by atoms with Crippen molar-refractivity contribution < 1.29 is 4.79 Å². The second-order valence-electron chi connectivity index (χ2n) is 7.62. The van der Waals surface area contributed by atoms with Gasteiger partial charge in [-0.2, -0.15) is 0 Å². The molecule has 2 aromatic heterocycles. The first-order chi connectivity index (χ1) is 13.4. The minimum absolute atomic E-state index is 0.209. The van der Waals surface area contributed by atoms with Crippen LogP contribution < -0.4 is 16.6 Å². The summed E-state index contributed by atoms with van der Waals surface area (Å²) in [6, 6.07) is 3.74. The van der Waals surface area contributed by atoms with Crippen molar-refractivity contribution >= 4 is 16.9 Å². The lowest BCUT2D eigenvalue weighted by molar-refractivity contribution is 0.0947. The number of rotatable bonds is 6. The van der Waals surface area contributed by atoms with Gasteiger partial charge in [0.05, 0.1) is 5.39 Å². The molecule has 8 heteroatoms. The van der Waals surface area contributed by atoms with E-state index in [0.29, 0.717) is 18.0 Å². The first kappa shape index (κ1) is 20.3. The molecule has 152 valence electrons. The van der Waals surface area contributed by atoms with Crippen LogP contribution in [0.1, 0.15) is 49.5 Å². The number of carbonyl (C=O) groups is 1. The van der Waals surface area contributed by atoms with E-state index in [-0.39, 0.29) is 17.2 Å². The lowest BCUT2D eigenvalue weighted by atomic mass is 10.0. The number of carbonyl (C=O) groups excluding carboxylic acids is 1. The molecule has 1 N–H and O–H groups in total. The number of unbranched alkanes of at least 4 members (excludes halogenated alkanes) is 1. The van der Waals surface area contributed by atoms with Gasteiger partial charge < -0.3 is 10.2 Å². The zero-order valence-electron chi connectivity index (χ0n) is 16.9. The molecule has 1 saturated heterocycles. The number of pyridine rings is 1. The number of likely N-dealkylation sites (tertiary alicyclic amines) is 1. The number of fused-ring (bicyclic) bond motifs is 1. The van der Waals surface area contributed by atoms with Gasteiger partial charge in [-0.05, 0) is 57.8 Å². The second-order valence-corrected chi connectivity index (χ2v) is 7.62. The van der Waals surface area contributed by atoms with E-state index in [1.54, 1.807) is 13.1 Å². The quantitative estimate of drug-likeness (QED) is 0.748. The fourth-order valence-corrected chi connectivity index (χ4v) is 3.80. The highest BCUT2D eigenvalue weighted by Gasteiger charge is 2.17. The monoisotopic (exact) mass is 387 g/mol. The van der Waals surface area contributed by atoms with Crippen molar-refractivity contribution in [3.8, 4) is 0 Å². The van der Waals surface area contributed by atoms with Crippen LogP contribution in [0.2, 0.25) is 0 Å². The van der Waals surface area contributed by atoms with E-state index < -0.39 is 11.2 Å².